The Morgan fingerprint density at radius 3 is 1.50 bits per heavy atom. The van der Waals surface area contributed by atoms with Crippen LogP contribution in [0.4, 0.5) is 0 Å². The van der Waals surface area contributed by atoms with E-state index in [2.05, 4.69) is 26.0 Å². The first-order valence-electron chi connectivity index (χ1n) is 21.7. The van der Waals surface area contributed by atoms with Gasteiger partial charge >= 0.3 is 13.8 Å². The van der Waals surface area contributed by atoms with E-state index >= 15 is 0 Å². The van der Waals surface area contributed by atoms with Crippen molar-refractivity contribution in [3.63, 3.8) is 0 Å². The third kappa shape index (κ3) is 38.9. The first-order valence-corrected chi connectivity index (χ1v) is 23.2. The van der Waals surface area contributed by atoms with Crippen LogP contribution in [0.3, 0.4) is 0 Å². The highest BCUT2D eigenvalue weighted by Crippen LogP contribution is 2.43. The van der Waals surface area contributed by atoms with Crippen LogP contribution in [0.15, 0.2) is 12.2 Å². The average molecular weight is 763 g/mol. The van der Waals surface area contributed by atoms with Gasteiger partial charge in [-0.25, -0.2) is 4.57 Å². The van der Waals surface area contributed by atoms with Crippen molar-refractivity contribution in [2.24, 2.45) is 0 Å². The third-order valence-corrected chi connectivity index (χ3v) is 10.4. The van der Waals surface area contributed by atoms with Gasteiger partial charge in [0.25, 0.3) is 0 Å². The van der Waals surface area contributed by atoms with E-state index in [1.807, 2.05) is 0 Å². The fraction of sp³-hybridized carbons (Fsp3) is 0.929. The second kappa shape index (κ2) is 39.9. The van der Waals surface area contributed by atoms with Crippen molar-refractivity contribution in [1.82, 2.24) is 0 Å². The molecule has 0 saturated heterocycles. The van der Waals surface area contributed by atoms with E-state index in [9.17, 15) is 19.4 Å². The molecule has 0 heterocycles. The van der Waals surface area contributed by atoms with Crippen molar-refractivity contribution >= 4 is 13.8 Å². The van der Waals surface area contributed by atoms with E-state index in [-0.39, 0.29) is 25.6 Å². The van der Waals surface area contributed by atoms with E-state index in [0.717, 1.165) is 57.8 Å². The second-order valence-electron chi connectivity index (χ2n) is 14.7. The molecule has 0 rings (SSSR count). The van der Waals surface area contributed by atoms with Crippen LogP contribution >= 0.6 is 7.82 Å². The van der Waals surface area contributed by atoms with Crippen LogP contribution in [0, 0.1) is 0 Å². The van der Waals surface area contributed by atoms with Crippen LogP contribution in [-0.2, 0) is 27.9 Å². The zero-order valence-corrected chi connectivity index (χ0v) is 34.7. The van der Waals surface area contributed by atoms with E-state index < -0.39 is 33.2 Å². The zero-order valence-electron chi connectivity index (χ0n) is 33.8. The van der Waals surface area contributed by atoms with E-state index in [4.69, 9.17) is 23.6 Å². The molecular weight excluding hydrogens is 679 g/mol. The molecule has 0 aromatic heterocycles. The standard InChI is InChI=1S/C42H83O9P/c1-3-5-7-9-11-13-15-16-17-18-19-20-21-22-23-25-27-29-31-33-35-48-38-41(39-50-52(46,47)49-37-40(44)36-43)51-42(45)34-32-30-28-26-24-14-12-10-8-6-4-2/h10,12,40-41,43-44H,3-9,11,13-39H2,1-2H3,(H,46,47)/b12-10-. The molecule has 3 atom stereocenters. The minimum atomic E-state index is -4.51. The van der Waals surface area contributed by atoms with Crippen LogP contribution in [0.1, 0.15) is 206 Å². The summed E-state index contributed by atoms with van der Waals surface area (Å²) in [7, 11) is -4.51. The molecule has 0 aromatic carbocycles. The summed E-state index contributed by atoms with van der Waals surface area (Å²) in [6.07, 6.45) is 38.9. The number of rotatable bonds is 42. The summed E-state index contributed by atoms with van der Waals surface area (Å²) in [5, 5.41) is 18.3. The summed E-state index contributed by atoms with van der Waals surface area (Å²) in [5.41, 5.74) is 0. The van der Waals surface area contributed by atoms with Gasteiger partial charge in [-0.05, 0) is 32.1 Å². The van der Waals surface area contributed by atoms with Gasteiger partial charge in [0.2, 0.25) is 0 Å². The Bertz CT molecular complexity index is 825. The van der Waals surface area contributed by atoms with Crippen molar-refractivity contribution in [3.05, 3.63) is 12.2 Å². The Balaban J connectivity index is 4.06. The quantitative estimate of drug-likeness (QED) is 0.0241. The largest absolute Gasteiger partial charge is 0.472 e. The Morgan fingerprint density at radius 2 is 1.00 bits per heavy atom. The Labute approximate surface area is 320 Å². The number of phosphoric ester groups is 1. The fourth-order valence-corrected chi connectivity index (χ4v) is 6.89. The lowest BCUT2D eigenvalue weighted by Crippen LogP contribution is -2.29. The number of phosphoric acid groups is 1. The number of allylic oxidation sites excluding steroid dienone is 2. The van der Waals surface area contributed by atoms with Gasteiger partial charge < -0.3 is 24.6 Å². The van der Waals surface area contributed by atoms with E-state index in [1.165, 1.54) is 128 Å². The Morgan fingerprint density at radius 1 is 0.577 bits per heavy atom. The van der Waals surface area contributed by atoms with Crippen molar-refractivity contribution in [3.8, 4) is 0 Å². The molecule has 3 N–H and O–H groups in total. The molecule has 310 valence electrons. The maximum atomic E-state index is 12.5. The van der Waals surface area contributed by atoms with Gasteiger partial charge in [-0.3, -0.25) is 13.8 Å². The number of aliphatic hydroxyl groups excluding tert-OH is 2. The minimum Gasteiger partial charge on any atom is -0.457 e. The SMILES string of the molecule is CCCC/C=C\CCCCCCCC(=O)OC(COCCCCCCCCCCCCCCCCCCCCCC)COP(=O)(O)OCC(O)CO. The lowest BCUT2D eigenvalue weighted by molar-refractivity contribution is -0.154. The molecule has 0 amide bonds. The third-order valence-electron chi connectivity index (χ3n) is 9.45. The highest BCUT2D eigenvalue weighted by atomic mass is 31.2. The predicted molar refractivity (Wildman–Crippen MR) is 215 cm³/mol. The highest BCUT2D eigenvalue weighted by molar-refractivity contribution is 7.47. The van der Waals surface area contributed by atoms with Gasteiger partial charge in [0, 0.05) is 13.0 Å². The molecule has 52 heavy (non-hydrogen) atoms. The monoisotopic (exact) mass is 763 g/mol. The Hall–Kier alpha value is -0.800. The van der Waals surface area contributed by atoms with Gasteiger partial charge in [-0.1, -0.05) is 180 Å². The normalized spacial score (nSPS) is 14.2. The maximum Gasteiger partial charge on any atom is 0.472 e. The van der Waals surface area contributed by atoms with Gasteiger partial charge in [0.05, 0.1) is 26.4 Å². The number of aliphatic hydroxyl groups is 2. The molecule has 0 aliphatic rings. The number of hydrogen-bond acceptors (Lipinski definition) is 8. The number of hydrogen-bond donors (Lipinski definition) is 3. The molecular formula is C42H83O9P. The summed E-state index contributed by atoms with van der Waals surface area (Å²) in [6, 6.07) is 0. The number of carbonyl (C=O) groups excluding carboxylic acids is 1. The van der Waals surface area contributed by atoms with Crippen LogP contribution < -0.4 is 0 Å². The first kappa shape index (κ1) is 51.2. The molecule has 0 saturated carbocycles. The van der Waals surface area contributed by atoms with Crippen LogP contribution in [-0.4, -0.2) is 66.3 Å². The maximum absolute atomic E-state index is 12.5. The molecule has 0 aliphatic carbocycles. The van der Waals surface area contributed by atoms with Gasteiger partial charge in [0.1, 0.15) is 12.2 Å². The second-order valence-corrected chi connectivity index (χ2v) is 16.2. The molecule has 0 fully saturated rings. The molecule has 9 nitrogen and oxygen atoms in total. The van der Waals surface area contributed by atoms with Crippen molar-refractivity contribution in [2.75, 3.05) is 33.0 Å². The molecule has 0 aromatic rings. The predicted octanol–water partition coefficient (Wildman–Crippen LogP) is 11.7. The molecule has 3 unspecified atom stereocenters. The van der Waals surface area contributed by atoms with E-state index in [1.54, 1.807) is 0 Å². The van der Waals surface area contributed by atoms with Crippen LogP contribution in [0.2, 0.25) is 0 Å². The summed E-state index contributed by atoms with van der Waals surface area (Å²) < 4.78 is 33.3. The lowest BCUT2D eigenvalue weighted by atomic mass is 10.0. The van der Waals surface area contributed by atoms with Crippen LogP contribution in [0.5, 0.6) is 0 Å². The van der Waals surface area contributed by atoms with E-state index in [0.29, 0.717) is 6.61 Å². The lowest BCUT2D eigenvalue weighted by Gasteiger charge is -2.20. The molecule has 0 radical (unpaired) electrons. The minimum absolute atomic E-state index is 0.0515. The topological polar surface area (TPSA) is 132 Å². The number of ether oxygens (including phenoxy) is 2. The van der Waals surface area contributed by atoms with Crippen molar-refractivity contribution in [2.45, 2.75) is 219 Å². The molecule has 0 bridgehead atoms. The molecule has 0 aliphatic heterocycles. The number of unbranched alkanes of at least 4 members (excludes halogenated alkanes) is 26. The van der Waals surface area contributed by atoms with Crippen molar-refractivity contribution in [1.29, 1.82) is 0 Å². The van der Waals surface area contributed by atoms with Gasteiger partial charge in [0.15, 0.2) is 0 Å². The highest BCUT2D eigenvalue weighted by Gasteiger charge is 2.26. The summed E-state index contributed by atoms with van der Waals surface area (Å²) in [4.78, 5) is 22.5. The number of esters is 1. The fourth-order valence-electron chi connectivity index (χ4n) is 6.10. The van der Waals surface area contributed by atoms with Gasteiger partial charge in [-0.2, -0.15) is 0 Å². The summed E-state index contributed by atoms with van der Waals surface area (Å²) >= 11 is 0. The molecule has 10 heteroatoms. The van der Waals surface area contributed by atoms with Crippen LogP contribution in [0.25, 0.3) is 0 Å². The molecule has 0 spiro atoms. The van der Waals surface area contributed by atoms with Gasteiger partial charge in [-0.15, -0.1) is 0 Å². The smallest absolute Gasteiger partial charge is 0.457 e. The average Bonchev–Trinajstić information content (AvgIpc) is 3.13. The van der Waals surface area contributed by atoms with Crippen molar-refractivity contribution < 1.29 is 43.0 Å². The zero-order chi connectivity index (χ0) is 38.2. The Kier molecular flexibility index (Phi) is 39.3. The number of carbonyl (C=O) groups is 1. The summed E-state index contributed by atoms with van der Waals surface area (Å²) in [6.45, 7) is 3.50. The first-order chi connectivity index (χ1) is 25.3. The summed E-state index contributed by atoms with van der Waals surface area (Å²) in [5.74, 6) is -0.390.